The van der Waals surface area contributed by atoms with E-state index in [9.17, 15) is 20.4 Å². The second-order valence-electron chi connectivity index (χ2n) is 8.33. The van der Waals surface area contributed by atoms with Gasteiger partial charge in [0.05, 0.1) is 0 Å². The molecule has 0 aliphatic heterocycles. The lowest BCUT2D eigenvalue weighted by Gasteiger charge is -2.17. The Labute approximate surface area is 192 Å². The molecule has 0 saturated carbocycles. The van der Waals surface area contributed by atoms with E-state index in [0.717, 1.165) is 38.6 Å². The van der Waals surface area contributed by atoms with Crippen molar-refractivity contribution in [2.24, 2.45) is 5.92 Å². The number of benzene rings is 3. The van der Waals surface area contributed by atoms with Gasteiger partial charge >= 0.3 is 0 Å². The van der Waals surface area contributed by atoms with Crippen LogP contribution in [0.4, 0.5) is 0 Å². The maximum absolute atomic E-state index is 10.3. The number of aliphatic hydroxyl groups excluding tert-OH is 1. The summed E-state index contributed by atoms with van der Waals surface area (Å²) in [6.45, 7) is 8.03. The third-order valence-corrected chi connectivity index (χ3v) is 5.94. The molecule has 3 aromatic carbocycles. The second kappa shape index (κ2) is 8.75. The van der Waals surface area contributed by atoms with Crippen LogP contribution in [0.1, 0.15) is 25.0 Å². The smallest absolute Gasteiger partial charge is 0.116 e. The van der Waals surface area contributed by atoms with Gasteiger partial charge in [0.1, 0.15) is 23.0 Å². The molecule has 1 aliphatic rings. The molecule has 4 heteroatoms. The van der Waals surface area contributed by atoms with Crippen LogP contribution in [0, 0.1) is 5.92 Å². The van der Waals surface area contributed by atoms with Crippen LogP contribution in [0.5, 0.6) is 17.2 Å². The summed E-state index contributed by atoms with van der Waals surface area (Å²) in [4.78, 5) is 0. The van der Waals surface area contributed by atoms with E-state index in [1.165, 1.54) is 0 Å². The summed E-state index contributed by atoms with van der Waals surface area (Å²) < 4.78 is 0. The average molecular weight is 439 g/mol. The highest BCUT2D eigenvalue weighted by Crippen LogP contribution is 2.37. The van der Waals surface area contributed by atoms with E-state index in [0.29, 0.717) is 5.22 Å². The normalized spacial score (nSPS) is 17.7. The minimum atomic E-state index is 0.0271. The third kappa shape index (κ3) is 4.55. The lowest BCUT2D eigenvalue weighted by Crippen LogP contribution is -2.24. The van der Waals surface area contributed by atoms with E-state index in [2.05, 4.69) is 6.58 Å². The molecule has 4 nitrogen and oxygen atoms in total. The fourth-order valence-electron chi connectivity index (χ4n) is 4.18. The predicted octanol–water partition coefficient (Wildman–Crippen LogP) is 5.13. The molecule has 166 valence electrons. The molecular weight excluding hydrogens is 412 g/mol. The molecule has 1 unspecified atom stereocenters. The van der Waals surface area contributed by atoms with Crippen molar-refractivity contribution in [3.05, 3.63) is 106 Å². The van der Waals surface area contributed by atoms with Crippen LogP contribution < -0.4 is 10.4 Å². The van der Waals surface area contributed by atoms with Gasteiger partial charge in [-0.2, -0.15) is 0 Å². The Morgan fingerprint density at radius 2 is 1.45 bits per heavy atom. The molecule has 1 aliphatic carbocycles. The van der Waals surface area contributed by atoms with Crippen molar-refractivity contribution in [2.75, 3.05) is 0 Å². The minimum absolute atomic E-state index is 0.0271. The summed E-state index contributed by atoms with van der Waals surface area (Å²) in [7, 11) is 0. The Kier molecular flexibility index (Phi) is 5.84. The van der Waals surface area contributed by atoms with E-state index in [1.807, 2.05) is 44.2 Å². The Bertz CT molecular complexity index is 1440. The quantitative estimate of drug-likeness (QED) is 0.457. The molecule has 4 rings (SSSR count). The first-order valence-corrected chi connectivity index (χ1v) is 10.7. The van der Waals surface area contributed by atoms with Crippen molar-refractivity contribution >= 4 is 18.2 Å². The molecule has 0 heterocycles. The highest BCUT2D eigenvalue weighted by molar-refractivity contribution is 5.87. The Morgan fingerprint density at radius 3 is 2.15 bits per heavy atom. The number of allylic oxidation sites excluding steroid dienone is 4. The Balaban J connectivity index is 1.97. The number of hydrogen-bond acceptors (Lipinski definition) is 4. The maximum atomic E-state index is 10.3. The summed E-state index contributed by atoms with van der Waals surface area (Å²) in [5, 5.41) is 41.7. The molecule has 4 N–H and O–H groups in total. The van der Waals surface area contributed by atoms with Crippen LogP contribution in [0.25, 0.3) is 29.4 Å². The lowest BCUT2D eigenvalue weighted by molar-refractivity contribution is 0.424. The fraction of sp³-hybridized carbons (Fsp3) is 0.103. The topological polar surface area (TPSA) is 80.9 Å². The zero-order valence-corrected chi connectivity index (χ0v) is 18.6. The Hall–Kier alpha value is -4.18. The summed E-state index contributed by atoms with van der Waals surface area (Å²) in [6, 6.07) is 15.4. The van der Waals surface area contributed by atoms with E-state index in [4.69, 9.17) is 0 Å². The SMILES string of the molecule is C=c1cc(O)cc/c1=C(/C)c1ccc(O)cc1-c1cc(O)ccc1/C=C1\C=CC(O)=CC1C. The van der Waals surface area contributed by atoms with Crippen LogP contribution >= 0.6 is 0 Å². The van der Waals surface area contributed by atoms with Crippen molar-refractivity contribution in [2.45, 2.75) is 13.8 Å². The van der Waals surface area contributed by atoms with Gasteiger partial charge in [0.25, 0.3) is 0 Å². The first-order valence-electron chi connectivity index (χ1n) is 10.7. The molecule has 33 heavy (non-hydrogen) atoms. The van der Waals surface area contributed by atoms with Gasteiger partial charge in [0.15, 0.2) is 0 Å². The average Bonchev–Trinajstić information content (AvgIpc) is 2.76. The largest absolute Gasteiger partial charge is 0.508 e. The molecule has 0 aromatic heterocycles. The number of phenols is 3. The summed E-state index contributed by atoms with van der Waals surface area (Å²) in [6.07, 6.45) is 7.34. The van der Waals surface area contributed by atoms with Crippen LogP contribution in [0.15, 0.2) is 84.2 Å². The van der Waals surface area contributed by atoms with Crippen LogP contribution in [-0.4, -0.2) is 20.4 Å². The summed E-state index contributed by atoms with van der Waals surface area (Å²) >= 11 is 0. The van der Waals surface area contributed by atoms with E-state index < -0.39 is 0 Å². The lowest BCUT2D eigenvalue weighted by atomic mass is 9.88. The zero-order valence-electron chi connectivity index (χ0n) is 18.6. The van der Waals surface area contributed by atoms with Gasteiger partial charge in [0, 0.05) is 5.92 Å². The number of phenolic OH excluding ortho intramolecular Hbond substituents is 3. The van der Waals surface area contributed by atoms with Crippen molar-refractivity contribution in [3.8, 4) is 28.4 Å². The molecular formula is C29H26O4. The molecule has 0 amide bonds. The van der Waals surface area contributed by atoms with E-state index in [1.54, 1.807) is 48.6 Å². The number of aliphatic hydroxyl groups is 1. The van der Waals surface area contributed by atoms with Crippen molar-refractivity contribution in [1.82, 2.24) is 0 Å². The standard InChI is InChI=1S/C29H26O4/c1-17-12-22(30)6-4-20(17)14-21-5-7-24(32)15-28(21)29-16-25(33)9-11-27(29)19(3)26-10-8-23(31)13-18(26)2/h4-17,30-33H,2H2,1,3H3/b20-14+,26-19+. The highest BCUT2D eigenvalue weighted by Gasteiger charge is 2.15. The van der Waals surface area contributed by atoms with Crippen LogP contribution in [0.2, 0.25) is 0 Å². The van der Waals surface area contributed by atoms with Gasteiger partial charge in [-0.25, -0.2) is 0 Å². The molecule has 0 fully saturated rings. The van der Waals surface area contributed by atoms with Crippen LogP contribution in [0.3, 0.4) is 0 Å². The predicted molar refractivity (Wildman–Crippen MR) is 133 cm³/mol. The van der Waals surface area contributed by atoms with Gasteiger partial charge in [-0.15, -0.1) is 0 Å². The van der Waals surface area contributed by atoms with Crippen molar-refractivity contribution < 1.29 is 20.4 Å². The number of hydrogen-bond donors (Lipinski definition) is 4. The van der Waals surface area contributed by atoms with Crippen molar-refractivity contribution in [3.63, 3.8) is 0 Å². The second-order valence-corrected chi connectivity index (χ2v) is 8.33. The van der Waals surface area contributed by atoms with Gasteiger partial charge in [-0.1, -0.05) is 43.9 Å². The first kappa shape index (κ1) is 22.0. The van der Waals surface area contributed by atoms with Gasteiger partial charge in [-0.3, -0.25) is 0 Å². The van der Waals surface area contributed by atoms with Crippen molar-refractivity contribution in [1.29, 1.82) is 0 Å². The molecule has 1 atom stereocenters. The minimum Gasteiger partial charge on any atom is -0.508 e. The number of rotatable bonds is 3. The van der Waals surface area contributed by atoms with Crippen LogP contribution in [-0.2, 0) is 0 Å². The van der Waals surface area contributed by atoms with E-state index >= 15 is 0 Å². The highest BCUT2D eigenvalue weighted by atomic mass is 16.3. The number of aromatic hydroxyl groups is 3. The molecule has 3 aromatic rings. The summed E-state index contributed by atoms with van der Waals surface area (Å²) in [5.74, 6) is 0.650. The van der Waals surface area contributed by atoms with E-state index in [-0.39, 0.29) is 28.9 Å². The third-order valence-electron chi connectivity index (χ3n) is 5.94. The summed E-state index contributed by atoms with van der Waals surface area (Å²) in [5.41, 5.74) is 5.20. The van der Waals surface area contributed by atoms with Gasteiger partial charge < -0.3 is 20.4 Å². The zero-order chi connectivity index (χ0) is 23.7. The first-order chi connectivity index (χ1) is 15.7. The Morgan fingerprint density at radius 1 is 0.818 bits per heavy atom. The molecule has 0 saturated heterocycles. The molecule has 0 radical (unpaired) electrons. The maximum Gasteiger partial charge on any atom is 0.116 e. The monoisotopic (exact) mass is 438 g/mol. The molecule has 0 bridgehead atoms. The van der Waals surface area contributed by atoms with Gasteiger partial charge in [0.2, 0.25) is 0 Å². The van der Waals surface area contributed by atoms with Gasteiger partial charge in [-0.05, 0) is 99.3 Å². The fourth-order valence-corrected chi connectivity index (χ4v) is 4.18. The molecule has 0 spiro atoms.